The molecule has 0 bridgehead atoms. The summed E-state index contributed by atoms with van der Waals surface area (Å²) < 4.78 is 0. The zero-order valence-corrected chi connectivity index (χ0v) is 7.67. The Hall–Kier alpha value is -1.99. The van der Waals surface area contributed by atoms with Crippen LogP contribution in [0.2, 0.25) is 0 Å². The van der Waals surface area contributed by atoms with Gasteiger partial charge in [-0.1, -0.05) is 0 Å². The molecule has 0 saturated carbocycles. The number of nitrogens with two attached hydrogens (primary N) is 1. The second-order valence-corrected chi connectivity index (χ2v) is 2.66. The number of non-ortho nitro benzene ring substituents is 1. The van der Waals surface area contributed by atoms with Gasteiger partial charge >= 0.3 is 0 Å². The number of hydrogen-bond acceptors (Lipinski definition) is 5. The van der Waals surface area contributed by atoms with E-state index >= 15 is 0 Å². The van der Waals surface area contributed by atoms with Crippen molar-refractivity contribution < 1.29 is 14.6 Å². The Morgan fingerprint density at radius 1 is 1.47 bits per heavy atom. The molecule has 0 aromatic heterocycles. The number of carbonyl (C=O) groups excluding carboxylic acids is 1. The molecule has 0 atom stereocenters. The number of nitrogens with zero attached hydrogens (tertiary/aromatic N) is 1. The molecular weight excluding hydrogens is 202 g/mol. The first-order valence-corrected chi connectivity index (χ1v) is 3.99. The molecule has 80 valence electrons. The number of nitro groups is 1. The monoisotopic (exact) mass is 211 g/mol. The molecule has 1 rings (SSSR count). The first kappa shape index (κ1) is 11.1. The van der Waals surface area contributed by atoms with Gasteiger partial charge in [-0.15, -0.1) is 0 Å². The summed E-state index contributed by atoms with van der Waals surface area (Å²) in [6.45, 7) is -0.267. The number of amides is 1. The molecule has 7 nitrogen and oxygen atoms in total. The smallest absolute Gasteiger partial charge is 0.269 e. The van der Waals surface area contributed by atoms with Crippen molar-refractivity contribution in [2.45, 2.75) is 0 Å². The molecular formula is C8H9N3O4. The van der Waals surface area contributed by atoms with Crippen LogP contribution in [0.25, 0.3) is 0 Å². The van der Waals surface area contributed by atoms with Gasteiger partial charge in [-0.3, -0.25) is 19.7 Å². The van der Waals surface area contributed by atoms with Gasteiger partial charge in [-0.05, 0) is 12.1 Å². The zero-order chi connectivity index (χ0) is 11.3. The van der Waals surface area contributed by atoms with Crippen LogP contribution in [0, 0.1) is 10.1 Å². The second kappa shape index (κ2) is 5.03. The van der Waals surface area contributed by atoms with E-state index in [2.05, 4.69) is 10.2 Å². The van der Waals surface area contributed by atoms with Crippen LogP contribution in [0.5, 0.6) is 0 Å². The third-order valence-electron chi connectivity index (χ3n) is 1.58. The van der Waals surface area contributed by atoms with Crippen molar-refractivity contribution in [2.75, 3.05) is 11.9 Å². The lowest BCUT2D eigenvalue weighted by Crippen LogP contribution is -2.20. The quantitative estimate of drug-likeness (QED) is 0.554. The fourth-order valence-electron chi connectivity index (χ4n) is 0.939. The average molecular weight is 211 g/mol. The molecule has 15 heavy (non-hydrogen) atoms. The standard InChI is InChI=1S/C8H9N3O4/c9-15-5-8(12)10-6-1-3-7(4-2-6)11(13)14/h1-4H,5,9H2,(H,10,12). The highest BCUT2D eigenvalue weighted by atomic mass is 16.6. The van der Waals surface area contributed by atoms with Crippen molar-refractivity contribution in [1.29, 1.82) is 0 Å². The van der Waals surface area contributed by atoms with Crippen molar-refractivity contribution in [3.8, 4) is 0 Å². The Morgan fingerprint density at radius 2 is 2.07 bits per heavy atom. The molecule has 7 heteroatoms. The minimum Gasteiger partial charge on any atom is -0.324 e. The van der Waals surface area contributed by atoms with Crippen molar-refractivity contribution in [3.63, 3.8) is 0 Å². The first-order chi connectivity index (χ1) is 7.13. The van der Waals surface area contributed by atoms with Crippen LogP contribution in [0.1, 0.15) is 0 Å². The highest BCUT2D eigenvalue weighted by Crippen LogP contribution is 2.14. The molecule has 0 saturated heterocycles. The first-order valence-electron chi connectivity index (χ1n) is 3.99. The van der Waals surface area contributed by atoms with Crippen molar-refractivity contribution in [3.05, 3.63) is 34.4 Å². The highest BCUT2D eigenvalue weighted by Gasteiger charge is 2.05. The van der Waals surface area contributed by atoms with Gasteiger partial charge in [-0.25, -0.2) is 5.90 Å². The normalized spacial score (nSPS) is 9.67. The number of anilines is 1. The predicted octanol–water partition coefficient (Wildman–Crippen LogP) is 0.424. The van der Waals surface area contributed by atoms with Crippen LogP contribution in [-0.2, 0) is 9.63 Å². The summed E-state index contributed by atoms with van der Waals surface area (Å²) in [7, 11) is 0. The van der Waals surface area contributed by atoms with Crippen LogP contribution in [0.3, 0.4) is 0 Å². The maximum atomic E-state index is 11.0. The van der Waals surface area contributed by atoms with Crippen molar-refractivity contribution in [1.82, 2.24) is 0 Å². The molecule has 0 aliphatic rings. The van der Waals surface area contributed by atoms with Crippen LogP contribution in [0.4, 0.5) is 11.4 Å². The number of hydrogen-bond donors (Lipinski definition) is 2. The maximum Gasteiger partial charge on any atom is 0.269 e. The largest absolute Gasteiger partial charge is 0.324 e. The van der Waals surface area contributed by atoms with Crippen molar-refractivity contribution in [2.24, 2.45) is 5.90 Å². The molecule has 0 aliphatic heterocycles. The van der Waals surface area contributed by atoms with E-state index in [0.717, 1.165) is 0 Å². The van der Waals surface area contributed by atoms with Crippen molar-refractivity contribution >= 4 is 17.3 Å². The third-order valence-corrected chi connectivity index (χ3v) is 1.58. The lowest BCUT2D eigenvalue weighted by molar-refractivity contribution is -0.384. The fourth-order valence-corrected chi connectivity index (χ4v) is 0.939. The van der Waals surface area contributed by atoms with E-state index in [1.54, 1.807) is 0 Å². The van der Waals surface area contributed by atoms with Crippen LogP contribution >= 0.6 is 0 Å². The van der Waals surface area contributed by atoms with Crippen LogP contribution < -0.4 is 11.2 Å². The number of nitrogens with one attached hydrogen (secondary N) is 1. The molecule has 1 aromatic carbocycles. The van der Waals surface area contributed by atoms with Gasteiger partial charge in [-0.2, -0.15) is 0 Å². The summed E-state index contributed by atoms with van der Waals surface area (Å²) in [5.74, 6) is 4.27. The Kier molecular flexibility index (Phi) is 3.72. The zero-order valence-electron chi connectivity index (χ0n) is 7.67. The third kappa shape index (κ3) is 3.33. The Balaban J connectivity index is 2.64. The van der Waals surface area contributed by atoms with Crippen LogP contribution in [-0.4, -0.2) is 17.4 Å². The van der Waals surface area contributed by atoms with Gasteiger partial charge in [0.1, 0.15) is 6.61 Å². The fraction of sp³-hybridized carbons (Fsp3) is 0.125. The molecule has 0 fully saturated rings. The minimum absolute atomic E-state index is 0.0388. The lowest BCUT2D eigenvalue weighted by atomic mass is 10.3. The molecule has 3 N–H and O–H groups in total. The summed E-state index contributed by atoms with van der Waals surface area (Å²) in [6, 6.07) is 5.43. The molecule has 1 aromatic rings. The van der Waals surface area contributed by atoms with Gasteiger partial charge in [0.2, 0.25) is 0 Å². The van der Waals surface area contributed by atoms with Gasteiger partial charge in [0.05, 0.1) is 4.92 Å². The van der Waals surface area contributed by atoms with E-state index in [0.29, 0.717) is 5.69 Å². The predicted molar refractivity (Wildman–Crippen MR) is 51.9 cm³/mol. The Morgan fingerprint density at radius 3 is 2.53 bits per heavy atom. The number of carbonyl (C=O) groups is 1. The molecule has 0 heterocycles. The number of rotatable bonds is 4. The van der Waals surface area contributed by atoms with Gasteiger partial charge < -0.3 is 5.32 Å². The van der Waals surface area contributed by atoms with Crippen LogP contribution in [0.15, 0.2) is 24.3 Å². The second-order valence-electron chi connectivity index (χ2n) is 2.66. The van der Waals surface area contributed by atoms with E-state index in [1.165, 1.54) is 24.3 Å². The molecule has 1 amide bonds. The molecule has 0 aliphatic carbocycles. The average Bonchev–Trinajstić information content (AvgIpc) is 2.18. The topological polar surface area (TPSA) is 107 Å². The molecule has 0 unspecified atom stereocenters. The van der Waals surface area contributed by atoms with Gasteiger partial charge in [0.25, 0.3) is 11.6 Å². The summed E-state index contributed by atoms with van der Waals surface area (Å²) in [6.07, 6.45) is 0. The summed E-state index contributed by atoms with van der Waals surface area (Å²) in [5.41, 5.74) is 0.408. The summed E-state index contributed by atoms with van der Waals surface area (Å²) in [5, 5.41) is 12.8. The maximum absolute atomic E-state index is 11.0. The van der Waals surface area contributed by atoms with E-state index in [4.69, 9.17) is 5.90 Å². The number of benzene rings is 1. The van der Waals surface area contributed by atoms with Gasteiger partial charge in [0, 0.05) is 17.8 Å². The van der Waals surface area contributed by atoms with E-state index < -0.39 is 10.8 Å². The Labute approximate surface area is 84.9 Å². The summed E-state index contributed by atoms with van der Waals surface area (Å²) >= 11 is 0. The minimum atomic E-state index is -0.519. The molecule has 0 spiro atoms. The SMILES string of the molecule is NOCC(=O)Nc1ccc([N+](=O)[O-])cc1. The highest BCUT2D eigenvalue weighted by molar-refractivity contribution is 5.91. The summed E-state index contributed by atoms with van der Waals surface area (Å²) in [4.78, 5) is 24.9. The van der Waals surface area contributed by atoms with E-state index in [-0.39, 0.29) is 12.3 Å². The van der Waals surface area contributed by atoms with Gasteiger partial charge in [0.15, 0.2) is 0 Å². The van der Waals surface area contributed by atoms with E-state index in [9.17, 15) is 14.9 Å². The number of nitro benzene ring substituents is 1. The molecule has 0 radical (unpaired) electrons. The van der Waals surface area contributed by atoms with E-state index in [1.807, 2.05) is 0 Å². The lowest BCUT2D eigenvalue weighted by Gasteiger charge is -2.02. The Bertz CT molecular complexity index is 363.